The van der Waals surface area contributed by atoms with Crippen molar-refractivity contribution in [2.24, 2.45) is 17.8 Å². The third-order valence-electron chi connectivity index (χ3n) is 6.27. The highest BCUT2D eigenvalue weighted by molar-refractivity contribution is 5.89. The van der Waals surface area contributed by atoms with E-state index in [1.165, 1.54) is 0 Å². The summed E-state index contributed by atoms with van der Waals surface area (Å²) in [5.74, 6) is 1.24. The summed E-state index contributed by atoms with van der Waals surface area (Å²) in [5.41, 5.74) is 0. The molecule has 0 aromatic rings. The van der Waals surface area contributed by atoms with E-state index < -0.39 is 0 Å². The quantitative estimate of drug-likeness (QED) is 0.683. The normalized spacial score (nSPS) is 24.3. The third-order valence-corrected chi connectivity index (χ3v) is 6.27. The average Bonchev–Trinajstić information content (AvgIpc) is 3.07. The van der Waals surface area contributed by atoms with Gasteiger partial charge in [0.15, 0.2) is 0 Å². The van der Waals surface area contributed by atoms with Crippen molar-refractivity contribution in [1.29, 1.82) is 0 Å². The molecule has 3 saturated heterocycles. The Bertz CT molecular complexity index is 566. The van der Waals surface area contributed by atoms with Gasteiger partial charge in [0.25, 0.3) is 0 Å². The van der Waals surface area contributed by atoms with Gasteiger partial charge in [-0.3, -0.25) is 14.4 Å². The maximum Gasteiger partial charge on any atom is 0.228 e. The van der Waals surface area contributed by atoms with Crippen molar-refractivity contribution in [2.75, 3.05) is 52.5 Å². The van der Waals surface area contributed by atoms with Crippen LogP contribution in [-0.4, -0.2) is 84.9 Å². The minimum atomic E-state index is -0.205. The number of hydrogen-bond donors (Lipinski definition) is 0. The minimum Gasteiger partial charge on any atom is -0.378 e. The SMILES string of the molecule is CC(C)CCC(=O)N1CCC(CN2C[C@@H](C(=O)N3CCOCC3)CC2=O)CC1. The van der Waals surface area contributed by atoms with Gasteiger partial charge in [-0.1, -0.05) is 13.8 Å². The fourth-order valence-electron chi connectivity index (χ4n) is 4.40. The molecule has 3 rings (SSSR count). The van der Waals surface area contributed by atoms with E-state index in [0.29, 0.717) is 57.5 Å². The molecular formula is C21H35N3O4. The standard InChI is InChI=1S/C21H35N3O4/c1-16(2)3-4-19(25)22-7-5-17(6-8-22)14-24-15-18(13-20(24)26)21(27)23-9-11-28-12-10-23/h16-18H,3-15H2,1-2H3/t18-/m0/s1. The first kappa shape index (κ1) is 21.1. The van der Waals surface area contributed by atoms with Gasteiger partial charge in [0.1, 0.15) is 0 Å². The Morgan fingerprint density at radius 3 is 2.39 bits per heavy atom. The van der Waals surface area contributed by atoms with Crippen LogP contribution in [0.5, 0.6) is 0 Å². The van der Waals surface area contributed by atoms with Crippen LogP contribution in [0.2, 0.25) is 0 Å². The average molecular weight is 394 g/mol. The highest BCUT2D eigenvalue weighted by Crippen LogP contribution is 2.25. The number of ether oxygens (including phenoxy) is 1. The van der Waals surface area contributed by atoms with Crippen LogP contribution >= 0.6 is 0 Å². The fourth-order valence-corrected chi connectivity index (χ4v) is 4.40. The molecule has 3 heterocycles. The third kappa shape index (κ3) is 5.46. The number of carbonyl (C=O) groups is 3. The molecule has 3 aliphatic rings. The summed E-state index contributed by atoms with van der Waals surface area (Å²) in [6.07, 6.45) is 3.80. The van der Waals surface area contributed by atoms with Crippen LogP contribution in [0, 0.1) is 17.8 Å². The van der Waals surface area contributed by atoms with Crippen LogP contribution in [0.25, 0.3) is 0 Å². The zero-order valence-corrected chi connectivity index (χ0v) is 17.4. The predicted octanol–water partition coefficient (Wildman–Crippen LogP) is 1.37. The van der Waals surface area contributed by atoms with Crippen LogP contribution in [0.15, 0.2) is 0 Å². The lowest BCUT2D eigenvalue weighted by Crippen LogP contribution is -2.44. The number of rotatable bonds is 6. The molecular weight excluding hydrogens is 358 g/mol. The summed E-state index contributed by atoms with van der Waals surface area (Å²) in [7, 11) is 0. The summed E-state index contributed by atoms with van der Waals surface area (Å²) in [6.45, 7) is 9.57. The summed E-state index contributed by atoms with van der Waals surface area (Å²) >= 11 is 0. The Balaban J connectivity index is 1.42. The minimum absolute atomic E-state index is 0.0991. The van der Waals surface area contributed by atoms with Crippen molar-refractivity contribution >= 4 is 17.7 Å². The Labute approximate surface area is 168 Å². The second kappa shape index (κ2) is 9.72. The van der Waals surface area contributed by atoms with Gasteiger partial charge in [0.2, 0.25) is 17.7 Å². The lowest BCUT2D eigenvalue weighted by Gasteiger charge is -2.34. The smallest absolute Gasteiger partial charge is 0.228 e. The van der Waals surface area contributed by atoms with Gasteiger partial charge in [-0.25, -0.2) is 0 Å². The number of amides is 3. The molecule has 3 aliphatic heterocycles. The Morgan fingerprint density at radius 1 is 1.07 bits per heavy atom. The van der Waals surface area contributed by atoms with E-state index in [4.69, 9.17) is 4.74 Å². The Hall–Kier alpha value is -1.63. The van der Waals surface area contributed by atoms with E-state index in [-0.39, 0.29) is 23.6 Å². The molecule has 3 fully saturated rings. The monoisotopic (exact) mass is 393 g/mol. The van der Waals surface area contributed by atoms with Crippen molar-refractivity contribution in [1.82, 2.24) is 14.7 Å². The second-order valence-corrected chi connectivity index (χ2v) is 8.89. The highest BCUT2D eigenvalue weighted by atomic mass is 16.5. The van der Waals surface area contributed by atoms with Crippen LogP contribution in [0.4, 0.5) is 0 Å². The molecule has 0 unspecified atom stereocenters. The van der Waals surface area contributed by atoms with E-state index in [1.54, 1.807) is 0 Å². The number of likely N-dealkylation sites (tertiary alicyclic amines) is 2. The van der Waals surface area contributed by atoms with Gasteiger partial charge in [0.05, 0.1) is 19.1 Å². The van der Waals surface area contributed by atoms with Crippen LogP contribution in [0.3, 0.4) is 0 Å². The molecule has 7 heteroatoms. The highest BCUT2D eigenvalue weighted by Gasteiger charge is 2.38. The van der Waals surface area contributed by atoms with Crippen molar-refractivity contribution < 1.29 is 19.1 Å². The maximum atomic E-state index is 12.7. The van der Waals surface area contributed by atoms with Gasteiger partial charge in [-0.2, -0.15) is 0 Å². The van der Waals surface area contributed by atoms with Crippen LogP contribution < -0.4 is 0 Å². The predicted molar refractivity (Wildman–Crippen MR) is 105 cm³/mol. The lowest BCUT2D eigenvalue weighted by atomic mass is 9.95. The van der Waals surface area contributed by atoms with Crippen LogP contribution in [-0.2, 0) is 19.1 Å². The molecule has 0 aromatic carbocycles. The molecule has 0 bridgehead atoms. The largest absolute Gasteiger partial charge is 0.378 e. The fraction of sp³-hybridized carbons (Fsp3) is 0.857. The van der Waals surface area contributed by atoms with Gasteiger partial charge in [0, 0.05) is 52.1 Å². The van der Waals surface area contributed by atoms with Gasteiger partial charge in [-0.05, 0) is 31.1 Å². The molecule has 0 spiro atoms. The first-order valence-electron chi connectivity index (χ1n) is 10.9. The summed E-state index contributed by atoms with van der Waals surface area (Å²) in [5, 5.41) is 0. The summed E-state index contributed by atoms with van der Waals surface area (Å²) < 4.78 is 5.31. The number of nitrogens with zero attached hydrogens (tertiary/aromatic N) is 3. The van der Waals surface area contributed by atoms with E-state index in [1.807, 2.05) is 14.7 Å². The van der Waals surface area contributed by atoms with E-state index in [9.17, 15) is 14.4 Å². The maximum absolute atomic E-state index is 12.7. The zero-order valence-electron chi connectivity index (χ0n) is 17.4. The number of carbonyl (C=O) groups excluding carboxylic acids is 3. The van der Waals surface area contributed by atoms with Crippen LogP contribution in [0.1, 0.15) is 46.0 Å². The van der Waals surface area contributed by atoms with Crippen molar-refractivity contribution in [3.8, 4) is 0 Å². The first-order valence-corrected chi connectivity index (χ1v) is 10.9. The lowest BCUT2D eigenvalue weighted by molar-refractivity contribution is -0.139. The number of hydrogen-bond acceptors (Lipinski definition) is 4. The Kier molecular flexibility index (Phi) is 7.32. The van der Waals surface area contributed by atoms with Crippen molar-refractivity contribution in [2.45, 2.75) is 46.0 Å². The second-order valence-electron chi connectivity index (χ2n) is 8.89. The first-order chi connectivity index (χ1) is 13.4. The molecule has 1 atom stereocenters. The number of morpholine rings is 1. The zero-order chi connectivity index (χ0) is 20.1. The van der Waals surface area contributed by atoms with Gasteiger partial charge < -0.3 is 19.4 Å². The molecule has 158 valence electrons. The molecule has 0 aliphatic carbocycles. The van der Waals surface area contributed by atoms with E-state index in [2.05, 4.69) is 13.8 Å². The molecule has 0 N–H and O–H groups in total. The summed E-state index contributed by atoms with van der Waals surface area (Å²) in [6, 6.07) is 0. The molecule has 0 radical (unpaired) electrons. The molecule has 0 saturated carbocycles. The molecule has 28 heavy (non-hydrogen) atoms. The van der Waals surface area contributed by atoms with Crippen molar-refractivity contribution in [3.63, 3.8) is 0 Å². The topological polar surface area (TPSA) is 70.2 Å². The Morgan fingerprint density at radius 2 is 1.75 bits per heavy atom. The molecule has 3 amide bonds. The van der Waals surface area contributed by atoms with E-state index >= 15 is 0 Å². The van der Waals surface area contributed by atoms with Gasteiger partial charge >= 0.3 is 0 Å². The number of piperidine rings is 1. The van der Waals surface area contributed by atoms with E-state index in [0.717, 1.165) is 38.9 Å². The van der Waals surface area contributed by atoms with Crippen molar-refractivity contribution in [3.05, 3.63) is 0 Å². The summed E-state index contributed by atoms with van der Waals surface area (Å²) in [4.78, 5) is 43.1. The molecule has 0 aromatic heterocycles. The molecule has 7 nitrogen and oxygen atoms in total. The van der Waals surface area contributed by atoms with Gasteiger partial charge in [-0.15, -0.1) is 0 Å².